The lowest BCUT2D eigenvalue weighted by molar-refractivity contribution is 0.896. The van der Waals surface area contributed by atoms with Crippen LogP contribution in [0.1, 0.15) is 10.4 Å². The molecule has 0 unspecified atom stereocenters. The molecule has 1 aromatic heterocycles. The highest BCUT2D eigenvalue weighted by Crippen LogP contribution is 2.21. The Labute approximate surface area is 119 Å². The highest BCUT2D eigenvalue weighted by Gasteiger charge is 2.01. The number of hydrogen-bond donors (Lipinski definition) is 2. The smallest absolute Gasteiger partial charge is 0.189 e. The summed E-state index contributed by atoms with van der Waals surface area (Å²) >= 11 is 5.17. The van der Waals surface area contributed by atoms with Gasteiger partial charge in [-0.3, -0.25) is 0 Å². The summed E-state index contributed by atoms with van der Waals surface area (Å²) in [6.45, 7) is 1.30. The van der Waals surface area contributed by atoms with E-state index in [0.717, 1.165) is 10.0 Å². The molecule has 3 N–H and O–H groups in total. The van der Waals surface area contributed by atoms with E-state index in [1.54, 1.807) is 11.3 Å². The average molecular weight is 324 g/mol. The minimum Gasteiger partial charge on any atom is -0.370 e. The summed E-state index contributed by atoms with van der Waals surface area (Å²) < 4.78 is 1.11. The van der Waals surface area contributed by atoms with Crippen molar-refractivity contribution >= 4 is 33.2 Å². The first-order valence-electron chi connectivity index (χ1n) is 5.55. The van der Waals surface area contributed by atoms with Crippen LogP contribution >= 0.6 is 27.3 Å². The van der Waals surface area contributed by atoms with Crippen molar-refractivity contribution in [3.8, 4) is 0 Å². The molecule has 1 aromatic carbocycles. The Hall–Kier alpha value is -1.33. The molecule has 5 heteroatoms. The summed E-state index contributed by atoms with van der Waals surface area (Å²) in [6, 6.07) is 12.1. The van der Waals surface area contributed by atoms with Gasteiger partial charge < -0.3 is 11.1 Å². The Bertz CT molecular complexity index is 522. The fourth-order valence-electron chi connectivity index (χ4n) is 1.44. The van der Waals surface area contributed by atoms with E-state index in [2.05, 4.69) is 26.2 Å². The second kappa shape index (κ2) is 6.56. The van der Waals surface area contributed by atoms with Crippen molar-refractivity contribution in [2.75, 3.05) is 0 Å². The van der Waals surface area contributed by atoms with Crippen molar-refractivity contribution in [3.05, 3.63) is 56.7 Å². The van der Waals surface area contributed by atoms with Gasteiger partial charge in [-0.15, -0.1) is 11.3 Å². The number of rotatable bonds is 4. The second-order valence-corrected chi connectivity index (χ2v) is 5.59. The van der Waals surface area contributed by atoms with Gasteiger partial charge in [0.15, 0.2) is 5.96 Å². The topological polar surface area (TPSA) is 50.4 Å². The Morgan fingerprint density at radius 1 is 1.28 bits per heavy atom. The summed E-state index contributed by atoms with van der Waals surface area (Å²) in [6.07, 6.45) is 0. The van der Waals surface area contributed by atoms with Crippen LogP contribution in [0.3, 0.4) is 0 Å². The molecule has 2 aromatic rings. The number of nitrogens with two attached hydrogens (primary N) is 1. The number of benzene rings is 1. The maximum atomic E-state index is 5.82. The summed E-state index contributed by atoms with van der Waals surface area (Å²) in [4.78, 5) is 5.51. The first-order chi connectivity index (χ1) is 8.75. The third-order valence-corrected chi connectivity index (χ3v) is 4.32. The van der Waals surface area contributed by atoms with Crippen molar-refractivity contribution in [2.24, 2.45) is 10.7 Å². The Balaban J connectivity index is 1.85. The van der Waals surface area contributed by atoms with Crippen molar-refractivity contribution in [1.82, 2.24) is 5.32 Å². The summed E-state index contributed by atoms with van der Waals surface area (Å²) in [5, 5.41) is 5.14. The summed E-state index contributed by atoms with van der Waals surface area (Å²) in [7, 11) is 0. The van der Waals surface area contributed by atoms with Gasteiger partial charge in [-0.25, -0.2) is 4.99 Å². The number of thiophene rings is 1. The van der Waals surface area contributed by atoms with Gasteiger partial charge in [0.1, 0.15) is 0 Å². The van der Waals surface area contributed by atoms with Crippen LogP contribution in [0, 0.1) is 0 Å². The zero-order valence-corrected chi connectivity index (χ0v) is 12.2. The molecule has 0 aliphatic carbocycles. The highest BCUT2D eigenvalue weighted by atomic mass is 79.9. The molecule has 18 heavy (non-hydrogen) atoms. The fraction of sp³-hybridized carbons (Fsp3) is 0.154. The molecule has 0 atom stereocenters. The summed E-state index contributed by atoms with van der Waals surface area (Å²) in [5.74, 6) is 0.471. The van der Waals surface area contributed by atoms with Crippen LogP contribution in [-0.2, 0) is 13.1 Å². The molecule has 3 nitrogen and oxygen atoms in total. The minimum absolute atomic E-state index is 0.471. The molecular formula is C13H14BrN3S. The maximum Gasteiger partial charge on any atom is 0.189 e. The first kappa shape index (κ1) is 13.1. The van der Waals surface area contributed by atoms with Gasteiger partial charge >= 0.3 is 0 Å². The quantitative estimate of drug-likeness (QED) is 0.671. The van der Waals surface area contributed by atoms with E-state index in [4.69, 9.17) is 5.73 Å². The molecule has 0 fully saturated rings. The van der Waals surface area contributed by atoms with Gasteiger partial charge in [-0.1, -0.05) is 30.3 Å². The molecule has 0 saturated carbocycles. The Morgan fingerprint density at radius 3 is 2.72 bits per heavy atom. The van der Waals surface area contributed by atoms with Crippen LogP contribution in [0.5, 0.6) is 0 Å². The van der Waals surface area contributed by atoms with Gasteiger partial charge in [0.05, 0.1) is 13.1 Å². The zero-order valence-electron chi connectivity index (χ0n) is 9.77. The van der Waals surface area contributed by atoms with Crippen molar-refractivity contribution in [1.29, 1.82) is 0 Å². The van der Waals surface area contributed by atoms with Crippen molar-refractivity contribution < 1.29 is 0 Å². The molecular weight excluding hydrogens is 310 g/mol. The van der Waals surface area contributed by atoms with E-state index >= 15 is 0 Å². The first-order valence-corrected chi connectivity index (χ1v) is 7.22. The predicted octanol–water partition coefficient (Wildman–Crippen LogP) is 3.12. The third kappa shape index (κ3) is 3.85. The van der Waals surface area contributed by atoms with Crippen LogP contribution in [0.2, 0.25) is 0 Å². The van der Waals surface area contributed by atoms with Crippen LogP contribution < -0.4 is 11.1 Å². The SMILES string of the molecule is NC(=NCc1ccccc1)NCc1sccc1Br. The number of nitrogens with one attached hydrogen (secondary N) is 1. The van der Waals surface area contributed by atoms with Gasteiger partial charge in [0, 0.05) is 9.35 Å². The normalized spacial score (nSPS) is 11.5. The van der Waals surface area contributed by atoms with Crippen LogP contribution in [0.4, 0.5) is 0 Å². The number of halogens is 1. The van der Waals surface area contributed by atoms with E-state index in [0.29, 0.717) is 19.0 Å². The molecule has 0 bridgehead atoms. The molecule has 0 saturated heterocycles. The molecule has 0 aliphatic heterocycles. The van der Waals surface area contributed by atoms with Crippen molar-refractivity contribution in [3.63, 3.8) is 0 Å². The molecule has 94 valence electrons. The molecule has 0 aliphatic rings. The van der Waals surface area contributed by atoms with Gasteiger partial charge in [-0.05, 0) is 32.9 Å². The molecule has 0 amide bonds. The minimum atomic E-state index is 0.471. The van der Waals surface area contributed by atoms with Crippen molar-refractivity contribution in [2.45, 2.75) is 13.1 Å². The van der Waals surface area contributed by atoms with Crippen LogP contribution in [0.25, 0.3) is 0 Å². The molecule has 2 rings (SSSR count). The molecule has 0 spiro atoms. The molecule has 1 heterocycles. The third-order valence-electron chi connectivity index (χ3n) is 2.40. The number of hydrogen-bond acceptors (Lipinski definition) is 2. The fourth-order valence-corrected chi connectivity index (χ4v) is 2.87. The van der Waals surface area contributed by atoms with Gasteiger partial charge in [-0.2, -0.15) is 0 Å². The van der Waals surface area contributed by atoms with E-state index in [-0.39, 0.29) is 0 Å². The largest absolute Gasteiger partial charge is 0.370 e. The van der Waals surface area contributed by atoms with E-state index in [1.807, 2.05) is 41.8 Å². The highest BCUT2D eigenvalue weighted by molar-refractivity contribution is 9.10. The lowest BCUT2D eigenvalue weighted by Gasteiger charge is -2.04. The zero-order chi connectivity index (χ0) is 12.8. The van der Waals surface area contributed by atoms with Gasteiger partial charge in [0.2, 0.25) is 0 Å². The Morgan fingerprint density at radius 2 is 2.06 bits per heavy atom. The van der Waals surface area contributed by atoms with E-state index < -0.39 is 0 Å². The van der Waals surface area contributed by atoms with E-state index in [9.17, 15) is 0 Å². The predicted molar refractivity (Wildman–Crippen MR) is 80.6 cm³/mol. The number of guanidine groups is 1. The number of nitrogens with zero attached hydrogens (tertiary/aromatic N) is 1. The lowest BCUT2D eigenvalue weighted by Crippen LogP contribution is -2.30. The van der Waals surface area contributed by atoms with Crippen LogP contribution in [0.15, 0.2) is 51.2 Å². The van der Waals surface area contributed by atoms with Gasteiger partial charge in [0.25, 0.3) is 0 Å². The second-order valence-electron chi connectivity index (χ2n) is 3.73. The molecule has 0 radical (unpaired) electrons. The lowest BCUT2D eigenvalue weighted by atomic mass is 10.2. The standard InChI is InChI=1S/C13H14BrN3S/c14-11-6-7-18-12(11)9-17-13(15)16-8-10-4-2-1-3-5-10/h1-7H,8-9H2,(H3,15,16,17). The van der Waals surface area contributed by atoms with E-state index in [1.165, 1.54) is 4.88 Å². The monoisotopic (exact) mass is 323 g/mol. The summed E-state index contributed by atoms with van der Waals surface area (Å²) in [5.41, 5.74) is 6.97. The Kier molecular flexibility index (Phi) is 4.78. The maximum absolute atomic E-state index is 5.82. The van der Waals surface area contributed by atoms with Crippen LogP contribution in [-0.4, -0.2) is 5.96 Å². The average Bonchev–Trinajstić information content (AvgIpc) is 2.81. The number of aliphatic imine (C=N–C) groups is 1.